The van der Waals surface area contributed by atoms with E-state index in [4.69, 9.17) is 16.9 Å². The molecule has 15 heavy (non-hydrogen) atoms. The van der Waals surface area contributed by atoms with Crippen LogP contribution in [0.5, 0.6) is 0 Å². The monoisotopic (exact) mass is 206 g/mol. The van der Waals surface area contributed by atoms with Gasteiger partial charge in [0.1, 0.15) is 5.84 Å². The zero-order chi connectivity index (χ0) is 11.4. The van der Waals surface area contributed by atoms with Crippen LogP contribution in [0.3, 0.4) is 0 Å². The summed E-state index contributed by atoms with van der Waals surface area (Å²) in [6.07, 6.45) is 0. The second-order valence-corrected chi connectivity index (χ2v) is 3.31. The van der Waals surface area contributed by atoms with E-state index in [1.807, 2.05) is 6.07 Å². The fraction of sp³-hybridized carbons (Fsp3) is 0.200. The van der Waals surface area contributed by atoms with Crippen LogP contribution < -0.4 is 11.5 Å². The number of nitrogens with two attached hydrogens (primary N) is 2. The fourth-order valence-corrected chi connectivity index (χ4v) is 1.19. The maximum Gasteiger partial charge on any atom is 0.314 e. The van der Waals surface area contributed by atoms with Crippen molar-refractivity contribution >= 4 is 11.9 Å². The molecular weight excluding hydrogens is 192 g/mol. The van der Waals surface area contributed by atoms with Gasteiger partial charge in [0.25, 0.3) is 0 Å². The molecule has 0 saturated heterocycles. The summed E-state index contributed by atoms with van der Waals surface area (Å²) in [5.41, 5.74) is 12.0. The topological polar surface area (TPSA) is 96.2 Å². The quantitative estimate of drug-likeness (QED) is 0.495. The van der Waals surface area contributed by atoms with E-state index in [1.54, 1.807) is 25.2 Å². The molecule has 5 nitrogen and oxygen atoms in total. The summed E-state index contributed by atoms with van der Waals surface area (Å²) in [6, 6.07) is 6.67. The number of urea groups is 1. The minimum atomic E-state index is -0.483. The number of carbonyl (C=O) groups is 1. The van der Waals surface area contributed by atoms with Crippen LogP contribution in [-0.2, 0) is 6.54 Å². The fourth-order valence-electron chi connectivity index (χ4n) is 1.19. The average Bonchev–Trinajstić information content (AvgIpc) is 2.18. The number of hydrogen-bond donors (Lipinski definition) is 3. The molecule has 0 fully saturated rings. The Balaban J connectivity index is 2.82. The van der Waals surface area contributed by atoms with Crippen LogP contribution in [0.1, 0.15) is 11.1 Å². The molecule has 0 aliphatic heterocycles. The minimum Gasteiger partial charge on any atom is -0.384 e. The van der Waals surface area contributed by atoms with Gasteiger partial charge in [-0.25, -0.2) is 4.79 Å². The van der Waals surface area contributed by atoms with Crippen molar-refractivity contribution in [3.63, 3.8) is 0 Å². The number of primary amides is 1. The number of carbonyl (C=O) groups excluding carboxylic acids is 1. The zero-order valence-corrected chi connectivity index (χ0v) is 8.53. The maximum absolute atomic E-state index is 10.8. The highest BCUT2D eigenvalue weighted by Crippen LogP contribution is 2.06. The first kappa shape index (κ1) is 11.0. The van der Waals surface area contributed by atoms with Gasteiger partial charge in [0.2, 0.25) is 0 Å². The molecule has 1 aromatic carbocycles. The van der Waals surface area contributed by atoms with Crippen LogP contribution >= 0.6 is 0 Å². The number of rotatable bonds is 3. The molecule has 5 N–H and O–H groups in total. The van der Waals surface area contributed by atoms with E-state index < -0.39 is 6.03 Å². The van der Waals surface area contributed by atoms with Gasteiger partial charge in [-0.05, 0) is 11.6 Å². The molecule has 2 amide bonds. The Bertz CT molecular complexity index is 389. The molecule has 1 rings (SSSR count). The van der Waals surface area contributed by atoms with Gasteiger partial charge in [-0.2, -0.15) is 0 Å². The highest BCUT2D eigenvalue weighted by molar-refractivity contribution is 5.95. The molecule has 0 unspecified atom stereocenters. The Hall–Kier alpha value is -2.04. The summed E-state index contributed by atoms with van der Waals surface area (Å²) in [5.74, 6) is 0.0126. The SMILES string of the molecule is CN(Cc1cccc(C(=N)N)c1)C(N)=O. The van der Waals surface area contributed by atoms with Crippen molar-refractivity contribution in [1.29, 1.82) is 5.41 Å². The van der Waals surface area contributed by atoms with E-state index in [9.17, 15) is 4.79 Å². The highest BCUT2D eigenvalue weighted by Gasteiger charge is 2.05. The molecule has 5 heteroatoms. The number of nitrogens with one attached hydrogen (secondary N) is 1. The number of nitrogens with zero attached hydrogens (tertiary/aromatic N) is 1. The average molecular weight is 206 g/mol. The summed E-state index contributed by atoms with van der Waals surface area (Å²) in [6.45, 7) is 0.413. The first-order valence-electron chi connectivity index (χ1n) is 4.44. The predicted octanol–water partition coefficient (Wildman–Crippen LogP) is 0.481. The van der Waals surface area contributed by atoms with Crippen molar-refractivity contribution in [2.24, 2.45) is 11.5 Å². The van der Waals surface area contributed by atoms with Crippen molar-refractivity contribution in [2.45, 2.75) is 6.54 Å². The van der Waals surface area contributed by atoms with Gasteiger partial charge in [0.05, 0.1) is 0 Å². The highest BCUT2D eigenvalue weighted by atomic mass is 16.2. The lowest BCUT2D eigenvalue weighted by atomic mass is 10.1. The Labute approximate surface area is 88.2 Å². The normalized spacial score (nSPS) is 9.67. The van der Waals surface area contributed by atoms with Crippen molar-refractivity contribution in [3.05, 3.63) is 35.4 Å². The Kier molecular flexibility index (Phi) is 3.28. The van der Waals surface area contributed by atoms with E-state index in [0.717, 1.165) is 5.56 Å². The largest absolute Gasteiger partial charge is 0.384 e. The molecule has 0 bridgehead atoms. The Morgan fingerprint density at radius 1 is 1.47 bits per heavy atom. The van der Waals surface area contributed by atoms with Gasteiger partial charge in [-0.3, -0.25) is 5.41 Å². The van der Waals surface area contributed by atoms with Gasteiger partial charge >= 0.3 is 6.03 Å². The van der Waals surface area contributed by atoms with Crippen LogP contribution in [0.15, 0.2) is 24.3 Å². The third-order valence-corrected chi connectivity index (χ3v) is 2.03. The van der Waals surface area contributed by atoms with Gasteiger partial charge in [0, 0.05) is 19.2 Å². The molecule has 0 atom stereocenters. The van der Waals surface area contributed by atoms with Gasteiger partial charge < -0.3 is 16.4 Å². The van der Waals surface area contributed by atoms with Gasteiger partial charge in [-0.1, -0.05) is 18.2 Å². The number of amides is 2. The molecule has 0 radical (unpaired) electrons. The third-order valence-electron chi connectivity index (χ3n) is 2.03. The van der Waals surface area contributed by atoms with E-state index in [2.05, 4.69) is 0 Å². The zero-order valence-electron chi connectivity index (χ0n) is 8.53. The predicted molar refractivity (Wildman–Crippen MR) is 58.5 cm³/mol. The maximum atomic E-state index is 10.8. The number of benzene rings is 1. The van der Waals surface area contributed by atoms with Crippen molar-refractivity contribution in [3.8, 4) is 0 Å². The molecule has 80 valence electrons. The molecule has 0 spiro atoms. The van der Waals surface area contributed by atoms with Crippen LogP contribution in [0.2, 0.25) is 0 Å². The first-order chi connectivity index (χ1) is 7.00. The number of amidine groups is 1. The molecule has 0 aliphatic carbocycles. The summed E-state index contributed by atoms with van der Waals surface area (Å²) in [4.78, 5) is 12.2. The summed E-state index contributed by atoms with van der Waals surface area (Å²) in [5, 5.41) is 7.27. The van der Waals surface area contributed by atoms with Crippen molar-refractivity contribution < 1.29 is 4.79 Å². The smallest absolute Gasteiger partial charge is 0.314 e. The van der Waals surface area contributed by atoms with E-state index in [-0.39, 0.29) is 5.84 Å². The second-order valence-electron chi connectivity index (χ2n) is 3.31. The van der Waals surface area contributed by atoms with Crippen LogP contribution in [-0.4, -0.2) is 23.8 Å². The van der Waals surface area contributed by atoms with Crippen molar-refractivity contribution in [1.82, 2.24) is 4.90 Å². The van der Waals surface area contributed by atoms with Crippen LogP contribution in [0.4, 0.5) is 4.79 Å². The standard InChI is InChI=1S/C10H14N4O/c1-14(10(13)15)6-7-3-2-4-8(5-7)9(11)12/h2-5H,6H2,1H3,(H3,11,12)(H2,13,15). The Morgan fingerprint density at radius 3 is 2.67 bits per heavy atom. The molecule has 1 aromatic rings. The first-order valence-corrected chi connectivity index (χ1v) is 4.44. The number of nitrogen functional groups attached to an aromatic ring is 1. The molecule has 0 heterocycles. The summed E-state index contributed by atoms with van der Waals surface area (Å²) >= 11 is 0. The lowest BCUT2D eigenvalue weighted by molar-refractivity contribution is 0.216. The molecule has 0 aliphatic rings. The minimum absolute atomic E-state index is 0.0126. The van der Waals surface area contributed by atoms with E-state index >= 15 is 0 Å². The third kappa shape index (κ3) is 2.98. The molecule has 0 aromatic heterocycles. The van der Waals surface area contributed by atoms with Crippen LogP contribution in [0.25, 0.3) is 0 Å². The summed E-state index contributed by atoms with van der Waals surface area (Å²) in [7, 11) is 1.61. The number of hydrogen-bond acceptors (Lipinski definition) is 2. The van der Waals surface area contributed by atoms with Crippen LogP contribution in [0, 0.1) is 5.41 Å². The van der Waals surface area contributed by atoms with Gasteiger partial charge in [0.15, 0.2) is 0 Å². The molecular formula is C10H14N4O. The Morgan fingerprint density at radius 2 is 2.13 bits per heavy atom. The molecule has 0 saturated carbocycles. The van der Waals surface area contributed by atoms with Gasteiger partial charge in [-0.15, -0.1) is 0 Å². The summed E-state index contributed by atoms with van der Waals surface area (Å²) < 4.78 is 0. The second kappa shape index (κ2) is 4.45. The van der Waals surface area contributed by atoms with Crippen molar-refractivity contribution in [2.75, 3.05) is 7.05 Å². The lowest BCUT2D eigenvalue weighted by Crippen LogP contribution is -2.31. The lowest BCUT2D eigenvalue weighted by Gasteiger charge is -2.14. The van der Waals surface area contributed by atoms with E-state index in [1.165, 1.54) is 4.90 Å². The van der Waals surface area contributed by atoms with E-state index in [0.29, 0.717) is 12.1 Å².